The molecule has 0 N–H and O–H groups in total. The Morgan fingerprint density at radius 3 is 2.11 bits per heavy atom. The summed E-state index contributed by atoms with van der Waals surface area (Å²) in [7, 11) is 1.63. The molecule has 9 heteroatoms. The molecule has 1 aromatic heterocycles. The maximum Gasteiger partial charge on any atom is 0.367 e. The van der Waals surface area contributed by atoms with E-state index in [-0.39, 0.29) is 26.9 Å². The summed E-state index contributed by atoms with van der Waals surface area (Å²) in [5.41, 5.74) is 0.844. The van der Waals surface area contributed by atoms with Gasteiger partial charge < -0.3 is 9.40 Å². The molecular formula is C18H9Cl3N2O4. The molecule has 27 heavy (non-hydrogen) atoms. The second-order valence-electron chi connectivity index (χ2n) is 5.84. The van der Waals surface area contributed by atoms with Gasteiger partial charge in [0.25, 0.3) is 11.8 Å². The van der Waals surface area contributed by atoms with Crippen molar-refractivity contribution in [2.45, 2.75) is 0 Å². The van der Waals surface area contributed by atoms with Gasteiger partial charge in [0.15, 0.2) is 0 Å². The highest BCUT2D eigenvalue weighted by molar-refractivity contribution is 6.43. The monoisotopic (exact) mass is 422 g/mol. The Bertz CT molecular complexity index is 1130. The van der Waals surface area contributed by atoms with E-state index in [2.05, 4.69) is 0 Å². The second kappa shape index (κ2) is 6.27. The molecule has 0 fully saturated rings. The summed E-state index contributed by atoms with van der Waals surface area (Å²) in [6, 6.07) is 9.23. The lowest BCUT2D eigenvalue weighted by atomic mass is 10.1. The maximum absolute atomic E-state index is 12.7. The van der Waals surface area contributed by atoms with Crippen LogP contribution in [0.15, 0.2) is 36.4 Å². The van der Waals surface area contributed by atoms with Crippen molar-refractivity contribution in [3.63, 3.8) is 0 Å². The fourth-order valence-corrected chi connectivity index (χ4v) is 3.56. The van der Waals surface area contributed by atoms with Gasteiger partial charge >= 0.3 is 5.97 Å². The number of carbonyl (C=O) groups is 3. The summed E-state index contributed by atoms with van der Waals surface area (Å²) in [5, 5.41) is 1.39. The third-order valence-corrected chi connectivity index (χ3v) is 5.47. The average Bonchev–Trinajstić information content (AvgIpc) is 3.02. The molecule has 0 spiro atoms. The van der Waals surface area contributed by atoms with E-state index in [4.69, 9.17) is 39.6 Å². The number of amides is 2. The first kappa shape index (κ1) is 17.9. The molecule has 2 aromatic carbocycles. The van der Waals surface area contributed by atoms with Gasteiger partial charge in [0, 0.05) is 12.4 Å². The Hall–Kier alpha value is -2.54. The van der Waals surface area contributed by atoms with Gasteiger partial charge in [0.1, 0.15) is 10.7 Å². The van der Waals surface area contributed by atoms with E-state index in [0.29, 0.717) is 21.0 Å². The predicted molar refractivity (Wildman–Crippen MR) is 100 cm³/mol. The van der Waals surface area contributed by atoms with E-state index >= 15 is 0 Å². The molecule has 0 saturated heterocycles. The first-order valence-corrected chi connectivity index (χ1v) is 8.77. The number of aryl methyl sites for hydroxylation is 1. The minimum atomic E-state index is -0.960. The van der Waals surface area contributed by atoms with Crippen molar-refractivity contribution in [2.75, 3.05) is 0 Å². The molecular weight excluding hydrogens is 415 g/mol. The lowest BCUT2D eigenvalue weighted by Gasteiger charge is -2.12. The summed E-state index contributed by atoms with van der Waals surface area (Å²) in [5.74, 6) is -2.40. The molecule has 136 valence electrons. The number of hydroxylamine groups is 2. The first-order chi connectivity index (χ1) is 12.8. The van der Waals surface area contributed by atoms with Gasteiger partial charge in [-0.25, -0.2) is 4.79 Å². The van der Waals surface area contributed by atoms with Crippen molar-refractivity contribution in [1.29, 1.82) is 0 Å². The van der Waals surface area contributed by atoms with E-state index in [1.165, 1.54) is 22.8 Å². The summed E-state index contributed by atoms with van der Waals surface area (Å²) >= 11 is 18.3. The van der Waals surface area contributed by atoms with Gasteiger partial charge in [0.2, 0.25) is 0 Å². The molecule has 6 nitrogen and oxygen atoms in total. The number of rotatable bonds is 2. The Kier molecular flexibility index (Phi) is 4.14. The van der Waals surface area contributed by atoms with Crippen LogP contribution in [0.1, 0.15) is 31.1 Å². The van der Waals surface area contributed by atoms with Gasteiger partial charge in [-0.2, -0.15) is 0 Å². The lowest BCUT2D eigenvalue weighted by Crippen LogP contribution is -2.32. The molecule has 4 rings (SSSR count). The molecule has 0 aliphatic carbocycles. The van der Waals surface area contributed by atoms with E-state index in [0.717, 1.165) is 0 Å². The summed E-state index contributed by atoms with van der Waals surface area (Å²) < 4.78 is 1.53. The maximum atomic E-state index is 12.7. The molecule has 0 bridgehead atoms. The number of imide groups is 1. The molecule has 1 aliphatic rings. The highest BCUT2D eigenvalue weighted by Gasteiger charge is 2.39. The van der Waals surface area contributed by atoms with Crippen molar-refractivity contribution in [1.82, 2.24) is 9.63 Å². The molecule has 0 saturated carbocycles. The van der Waals surface area contributed by atoms with Crippen LogP contribution in [0.4, 0.5) is 0 Å². The van der Waals surface area contributed by atoms with E-state index in [1.54, 1.807) is 25.2 Å². The molecule has 0 radical (unpaired) electrons. The zero-order chi connectivity index (χ0) is 19.5. The first-order valence-electron chi connectivity index (χ1n) is 7.64. The topological polar surface area (TPSA) is 68.6 Å². The zero-order valence-corrected chi connectivity index (χ0v) is 15.9. The second-order valence-corrected chi connectivity index (χ2v) is 7.01. The van der Waals surface area contributed by atoms with Crippen LogP contribution in [-0.4, -0.2) is 27.4 Å². The van der Waals surface area contributed by atoms with Crippen LogP contribution in [0.5, 0.6) is 0 Å². The number of nitrogens with zero attached hydrogens (tertiary/aromatic N) is 2. The van der Waals surface area contributed by atoms with Crippen LogP contribution in [-0.2, 0) is 11.9 Å². The van der Waals surface area contributed by atoms with E-state index in [1.807, 2.05) is 0 Å². The van der Waals surface area contributed by atoms with Crippen molar-refractivity contribution >= 4 is 63.5 Å². The molecule has 0 atom stereocenters. The highest BCUT2D eigenvalue weighted by atomic mass is 35.5. The smallest absolute Gasteiger partial charge is 0.334 e. The largest absolute Gasteiger partial charge is 0.367 e. The number of fused-ring (bicyclic) bond motifs is 2. The average molecular weight is 424 g/mol. The Labute approximate surface area is 167 Å². The molecule has 3 aromatic rings. The number of benzene rings is 2. The molecule has 2 amide bonds. The van der Waals surface area contributed by atoms with Crippen LogP contribution >= 0.6 is 34.8 Å². The van der Waals surface area contributed by atoms with Crippen LogP contribution in [0, 0.1) is 0 Å². The van der Waals surface area contributed by atoms with Crippen molar-refractivity contribution in [3.05, 3.63) is 68.3 Å². The number of halogens is 3. The molecule has 0 unspecified atom stereocenters. The van der Waals surface area contributed by atoms with Gasteiger partial charge in [0.05, 0.1) is 26.7 Å². The number of hydrogen-bond acceptors (Lipinski definition) is 4. The fourth-order valence-electron chi connectivity index (χ4n) is 2.97. The van der Waals surface area contributed by atoms with Crippen LogP contribution in [0.2, 0.25) is 15.2 Å². The molecule has 1 aliphatic heterocycles. The standard InChI is InChI=1S/C18H9Cl3N2O4/c1-22-13-7-12(20)11(19)6-10(13)14(15(22)21)18(26)27-23-16(24)8-4-2-3-5-9(8)17(23)25/h2-7H,1H3. The van der Waals surface area contributed by atoms with Gasteiger partial charge in [-0.3, -0.25) is 9.59 Å². The van der Waals surface area contributed by atoms with Gasteiger partial charge in [-0.05, 0) is 24.3 Å². The molecule has 2 heterocycles. The van der Waals surface area contributed by atoms with Crippen molar-refractivity contribution < 1.29 is 19.2 Å². The van der Waals surface area contributed by atoms with Crippen molar-refractivity contribution in [2.24, 2.45) is 7.05 Å². The lowest BCUT2D eigenvalue weighted by molar-refractivity contribution is -0.0583. The number of carbonyl (C=O) groups excluding carboxylic acids is 3. The van der Waals surface area contributed by atoms with E-state index in [9.17, 15) is 14.4 Å². The fraction of sp³-hybridized carbons (Fsp3) is 0.0556. The van der Waals surface area contributed by atoms with Gasteiger partial charge in [-0.1, -0.05) is 52.0 Å². The van der Waals surface area contributed by atoms with Crippen LogP contribution in [0.3, 0.4) is 0 Å². The summed E-state index contributed by atoms with van der Waals surface area (Å²) in [4.78, 5) is 42.6. The normalized spacial score (nSPS) is 13.4. The zero-order valence-electron chi connectivity index (χ0n) is 13.6. The number of hydrogen-bond donors (Lipinski definition) is 0. The third kappa shape index (κ3) is 2.60. The highest BCUT2D eigenvalue weighted by Crippen LogP contribution is 2.36. The SMILES string of the molecule is Cn1c(Cl)c(C(=O)ON2C(=O)c3ccccc3C2=O)c2cc(Cl)c(Cl)cc21. The van der Waals surface area contributed by atoms with Gasteiger partial charge in [-0.15, -0.1) is 0 Å². The summed E-state index contributed by atoms with van der Waals surface area (Å²) in [6.07, 6.45) is 0. The third-order valence-electron chi connectivity index (χ3n) is 4.31. The number of aromatic nitrogens is 1. The Morgan fingerprint density at radius 1 is 0.963 bits per heavy atom. The minimum Gasteiger partial charge on any atom is -0.334 e. The van der Waals surface area contributed by atoms with Crippen LogP contribution in [0.25, 0.3) is 10.9 Å². The minimum absolute atomic E-state index is 0.0238. The Balaban J connectivity index is 1.75. The predicted octanol–water partition coefficient (Wildman–Crippen LogP) is 4.51. The quantitative estimate of drug-likeness (QED) is 0.569. The van der Waals surface area contributed by atoms with Crippen LogP contribution < -0.4 is 0 Å². The van der Waals surface area contributed by atoms with Crippen molar-refractivity contribution in [3.8, 4) is 0 Å². The summed E-state index contributed by atoms with van der Waals surface area (Å²) in [6.45, 7) is 0. The Morgan fingerprint density at radius 2 is 1.52 bits per heavy atom. The van der Waals surface area contributed by atoms with E-state index < -0.39 is 17.8 Å².